The largest absolute Gasteiger partial charge is 0.352 e. The molecule has 0 heterocycles. The van der Waals surface area contributed by atoms with Gasteiger partial charge in [-0.15, -0.1) is 0 Å². The zero-order chi connectivity index (χ0) is 20.4. The van der Waals surface area contributed by atoms with E-state index in [0.29, 0.717) is 24.6 Å². The monoisotopic (exact) mass is 381 g/mol. The zero-order valence-electron chi connectivity index (χ0n) is 16.5. The van der Waals surface area contributed by atoms with Crippen LogP contribution in [0.5, 0.6) is 0 Å². The number of rotatable bonds is 7. The van der Waals surface area contributed by atoms with Gasteiger partial charge in [-0.1, -0.05) is 42.5 Å². The molecule has 0 unspecified atom stereocenters. The lowest BCUT2D eigenvalue weighted by Gasteiger charge is -2.13. The van der Waals surface area contributed by atoms with E-state index < -0.39 is 0 Å². The third-order valence-electron chi connectivity index (χ3n) is 4.04. The van der Waals surface area contributed by atoms with Crippen LogP contribution in [0.2, 0.25) is 0 Å². The fourth-order valence-electron chi connectivity index (χ4n) is 2.45. The Balaban J connectivity index is 1.75. The molecule has 3 N–H and O–H groups in total. The van der Waals surface area contributed by atoms with Crippen molar-refractivity contribution in [2.24, 2.45) is 4.99 Å². The van der Waals surface area contributed by atoms with Gasteiger partial charge in [0.15, 0.2) is 5.96 Å². The van der Waals surface area contributed by atoms with Gasteiger partial charge in [0, 0.05) is 39.8 Å². The minimum Gasteiger partial charge on any atom is -0.352 e. The van der Waals surface area contributed by atoms with Crippen LogP contribution in [-0.2, 0) is 17.9 Å². The molecule has 0 radical (unpaired) electrons. The normalized spacial score (nSPS) is 10.9. The molecule has 148 valence electrons. The first-order valence-electron chi connectivity index (χ1n) is 9.05. The minimum absolute atomic E-state index is 0.0292. The van der Waals surface area contributed by atoms with Gasteiger partial charge in [-0.2, -0.15) is 0 Å². The average Bonchev–Trinajstić information content (AvgIpc) is 2.73. The number of carbonyl (C=O) groups is 2. The van der Waals surface area contributed by atoms with Crippen LogP contribution < -0.4 is 16.0 Å². The van der Waals surface area contributed by atoms with E-state index in [0.717, 1.165) is 11.1 Å². The standard InChI is InChI=1S/C21H27N5O2/c1-22-21(25-15-19(27)23-13-16-7-5-4-6-8-16)24-14-17-9-11-18(12-10-17)20(28)26(2)3/h4-12H,13-15H2,1-3H3,(H,23,27)(H2,22,24,25). The van der Waals surface area contributed by atoms with Crippen molar-refractivity contribution < 1.29 is 9.59 Å². The fourth-order valence-corrected chi connectivity index (χ4v) is 2.45. The third kappa shape index (κ3) is 6.75. The molecule has 0 aliphatic heterocycles. The van der Waals surface area contributed by atoms with Gasteiger partial charge in [-0.05, 0) is 23.3 Å². The van der Waals surface area contributed by atoms with Crippen LogP contribution in [0.3, 0.4) is 0 Å². The Morgan fingerprint density at radius 2 is 1.46 bits per heavy atom. The van der Waals surface area contributed by atoms with E-state index in [1.54, 1.807) is 38.2 Å². The van der Waals surface area contributed by atoms with Crippen LogP contribution in [0.25, 0.3) is 0 Å². The van der Waals surface area contributed by atoms with Crippen LogP contribution in [0, 0.1) is 0 Å². The molecule has 0 aliphatic carbocycles. The van der Waals surface area contributed by atoms with Gasteiger partial charge < -0.3 is 20.9 Å². The Labute approximate surface area is 165 Å². The van der Waals surface area contributed by atoms with Crippen molar-refractivity contribution >= 4 is 17.8 Å². The van der Waals surface area contributed by atoms with E-state index in [2.05, 4.69) is 20.9 Å². The van der Waals surface area contributed by atoms with E-state index in [1.807, 2.05) is 42.5 Å². The Morgan fingerprint density at radius 1 is 0.857 bits per heavy atom. The minimum atomic E-state index is -0.113. The highest BCUT2D eigenvalue weighted by Crippen LogP contribution is 2.06. The summed E-state index contributed by atoms with van der Waals surface area (Å²) in [5.41, 5.74) is 2.70. The molecule has 0 fully saturated rings. The summed E-state index contributed by atoms with van der Waals surface area (Å²) >= 11 is 0. The summed E-state index contributed by atoms with van der Waals surface area (Å²) in [5.74, 6) is 0.389. The number of amides is 2. The number of nitrogens with zero attached hydrogens (tertiary/aromatic N) is 2. The Hall–Kier alpha value is -3.35. The first-order valence-corrected chi connectivity index (χ1v) is 9.05. The first kappa shape index (κ1) is 21.0. The van der Waals surface area contributed by atoms with E-state index in [9.17, 15) is 9.59 Å². The number of carbonyl (C=O) groups excluding carboxylic acids is 2. The lowest BCUT2D eigenvalue weighted by molar-refractivity contribution is -0.120. The maximum Gasteiger partial charge on any atom is 0.253 e. The topological polar surface area (TPSA) is 85.8 Å². The maximum absolute atomic E-state index is 12.0. The van der Waals surface area contributed by atoms with E-state index in [1.165, 1.54) is 0 Å². The summed E-state index contributed by atoms with van der Waals surface area (Å²) in [5, 5.41) is 8.99. The second kappa shape index (κ2) is 10.7. The highest BCUT2D eigenvalue weighted by molar-refractivity contribution is 5.93. The third-order valence-corrected chi connectivity index (χ3v) is 4.04. The molecule has 0 aromatic heterocycles. The van der Waals surface area contributed by atoms with Crippen LogP contribution in [-0.4, -0.2) is 50.4 Å². The number of hydrogen-bond acceptors (Lipinski definition) is 3. The summed E-state index contributed by atoms with van der Waals surface area (Å²) in [6.07, 6.45) is 0. The lowest BCUT2D eigenvalue weighted by Crippen LogP contribution is -2.42. The van der Waals surface area contributed by atoms with Crippen molar-refractivity contribution in [2.75, 3.05) is 27.7 Å². The van der Waals surface area contributed by atoms with Crippen molar-refractivity contribution in [2.45, 2.75) is 13.1 Å². The zero-order valence-corrected chi connectivity index (χ0v) is 16.5. The van der Waals surface area contributed by atoms with E-state index in [4.69, 9.17) is 0 Å². The van der Waals surface area contributed by atoms with Crippen molar-refractivity contribution in [3.05, 3.63) is 71.3 Å². The van der Waals surface area contributed by atoms with Crippen molar-refractivity contribution in [1.29, 1.82) is 0 Å². The lowest BCUT2D eigenvalue weighted by atomic mass is 10.1. The van der Waals surface area contributed by atoms with E-state index in [-0.39, 0.29) is 18.4 Å². The van der Waals surface area contributed by atoms with Gasteiger partial charge in [-0.3, -0.25) is 14.6 Å². The highest BCUT2D eigenvalue weighted by atomic mass is 16.2. The fraction of sp³-hybridized carbons (Fsp3) is 0.286. The quantitative estimate of drug-likeness (QED) is 0.499. The second-order valence-electron chi connectivity index (χ2n) is 6.44. The summed E-state index contributed by atoms with van der Waals surface area (Å²) in [6.45, 7) is 1.15. The average molecular weight is 381 g/mol. The summed E-state index contributed by atoms with van der Waals surface area (Å²) in [4.78, 5) is 29.5. The number of guanidine groups is 1. The van der Waals surface area contributed by atoms with Crippen LogP contribution in [0.1, 0.15) is 21.5 Å². The predicted molar refractivity (Wildman–Crippen MR) is 111 cm³/mol. The Bertz CT molecular complexity index is 801. The highest BCUT2D eigenvalue weighted by Gasteiger charge is 2.08. The van der Waals surface area contributed by atoms with Crippen molar-refractivity contribution in [3.63, 3.8) is 0 Å². The molecule has 2 amide bonds. The van der Waals surface area contributed by atoms with Gasteiger partial charge in [0.25, 0.3) is 5.91 Å². The molecule has 0 saturated carbocycles. The SMILES string of the molecule is CN=C(NCC(=O)NCc1ccccc1)NCc1ccc(C(=O)N(C)C)cc1. The number of nitrogens with one attached hydrogen (secondary N) is 3. The molecule has 28 heavy (non-hydrogen) atoms. The molecule has 7 heteroatoms. The van der Waals surface area contributed by atoms with Crippen LogP contribution >= 0.6 is 0 Å². The van der Waals surface area contributed by atoms with Crippen molar-refractivity contribution in [3.8, 4) is 0 Å². The molecule has 2 rings (SSSR count). The molecule has 7 nitrogen and oxygen atoms in total. The molecule has 2 aromatic carbocycles. The first-order chi connectivity index (χ1) is 13.5. The summed E-state index contributed by atoms with van der Waals surface area (Å²) in [6, 6.07) is 17.1. The molecule has 0 saturated heterocycles. The summed E-state index contributed by atoms with van der Waals surface area (Å²) in [7, 11) is 5.10. The molecule has 2 aromatic rings. The molecule has 0 atom stereocenters. The molecular formula is C21H27N5O2. The smallest absolute Gasteiger partial charge is 0.253 e. The molecular weight excluding hydrogens is 354 g/mol. The van der Waals surface area contributed by atoms with Gasteiger partial charge in [-0.25, -0.2) is 0 Å². The summed E-state index contributed by atoms with van der Waals surface area (Å²) < 4.78 is 0. The van der Waals surface area contributed by atoms with Crippen LogP contribution in [0.4, 0.5) is 0 Å². The number of hydrogen-bond donors (Lipinski definition) is 3. The Morgan fingerprint density at radius 3 is 2.07 bits per heavy atom. The number of aliphatic imine (C=N–C) groups is 1. The van der Waals surface area contributed by atoms with Crippen LogP contribution in [0.15, 0.2) is 59.6 Å². The van der Waals surface area contributed by atoms with Gasteiger partial charge in [0.1, 0.15) is 0 Å². The maximum atomic E-state index is 12.0. The predicted octanol–water partition coefficient (Wildman–Crippen LogP) is 1.37. The van der Waals surface area contributed by atoms with E-state index >= 15 is 0 Å². The molecule has 0 spiro atoms. The molecule has 0 bridgehead atoms. The Kier molecular flexibility index (Phi) is 8.02. The molecule has 0 aliphatic rings. The van der Waals surface area contributed by atoms with Gasteiger partial charge >= 0.3 is 0 Å². The van der Waals surface area contributed by atoms with Crippen molar-refractivity contribution in [1.82, 2.24) is 20.9 Å². The second-order valence-corrected chi connectivity index (χ2v) is 6.44. The van der Waals surface area contributed by atoms with Gasteiger partial charge in [0.05, 0.1) is 6.54 Å². The van der Waals surface area contributed by atoms with Gasteiger partial charge in [0.2, 0.25) is 5.91 Å². The number of benzene rings is 2.